The average Bonchev–Trinajstić information content (AvgIpc) is 3.31. The lowest BCUT2D eigenvalue weighted by Crippen LogP contribution is -2.05. The van der Waals surface area contributed by atoms with Gasteiger partial charge in [0.25, 0.3) is 0 Å². The molecule has 0 saturated heterocycles. The van der Waals surface area contributed by atoms with Crippen molar-refractivity contribution in [1.29, 1.82) is 0 Å². The van der Waals surface area contributed by atoms with Crippen LogP contribution in [0.5, 0.6) is 11.5 Å². The summed E-state index contributed by atoms with van der Waals surface area (Å²) < 4.78 is 26.7. The quantitative estimate of drug-likeness (QED) is 0.785. The highest BCUT2D eigenvalue weighted by Crippen LogP contribution is 2.39. The van der Waals surface area contributed by atoms with Crippen LogP contribution >= 0.6 is 0 Å². The summed E-state index contributed by atoms with van der Waals surface area (Å²) in [4.78, 5) is 0. The molecule has 0 unspecified atom stereocenters. The van der Waals surface area contributed by atoms with E-state index in [2.05, 4.69) is 10.4 Å². The molecule has 0 saturated carbocycles. The van der Waals surface area contributed by atoms with Gasteiger partial charge in [-0.05, 0) is 36.8 Å². The maximum absolute atomic E-state index is 14.2. The Bertz CT molecular complexity index is 951. The van der Waals surface area contributed by atoms with Gasteiger partial charge in [-0.1, -0.05) is 12.1 Å². The summed E-state index contributed by atoms with van der Waals surface area (Å²) in [5.41, 5.74) is 3.32. The number of anilines is 1. The van der Waals surface area contributed by atoms with E-state index in [1.807, 2.05) is 24.3 Å². The largest absolute Gasteiger partial charge is 0.454 e. The fourth-order valence-electron chi connectivity index (χ4n) is 3.25. The van der Waals surface area contributed by atoms with Gasteiger partial charge < -0.3 is 14.8 Å². The SMILES string of the molecule is Fc1ccccc1-n1nc(-c2ccc3c(c2)OCO3)c2c1NCC2. The summed E-state index contributed by atoms with van der Waals surface area (Å²) in [6, 6.07) is 12.4. The smallest absolute Gasteiger partial charge is 0.231 e. The van der Waals surface area contributed by atoms with Gasteiger partial charge >= 0.3 is 0 Å². The summed E-state index contributed by atoms with van der Waals surface area (Å²) >= 11 is 0. The fraction of sp³-hybridized carbons (Fsp3) is 0.167. The highest BCUT2D eigenvalue weighted by molar-refractivity contribution is 5.74. The van der Waals surface area contributed by atoms with Crippen molar-refractivity contribution >= 4 is 5.82 Å². The first-order valence-corrected chi connectivity index (χ1v) is 7.82. The number of rotatable bonds is 2. The van der Waals surface area contributed by atoms with Crippen LogP contribution in [-0.2, 0) is 6.42 Å². The van der Waals surface area contributed by atoms with Gasteiger partial charge in [-0.3, -0.25) is 0 Å². The second-order valence-corrected chi connectivity index (χ2v) is 5.78. The molecule has 0 atom stereocenters. The minimum absolute atomic E-state index is 0.238. The first-order valence-electron chi connectivity index (χ1n) is 7.82. The molecule has 0 amide bonds. The second-order valence-electron chi connectivity index (χ2n) is 5.78. The van der Waals surface area contributed by atoms with E-state index < -0.39 is 0 Å². The van der Waals surface area contributed by atoms with E-state index in [1.54, 1.807) is 16.8 Å². The molecule has 6 heteroatoms. The van der Waals surface area contributed by atoms with Gasteiger partial charge in [0.2, 0.25) is 6.79 Å². The number of nitrogens with zero attached hydrogens (tertiary/aromatic N) is 2. The number of fused-ring (bicyclic) bond motifs is 2. The molecule has 0 radical (unpaired) electrons. The third-order valence-electron chi connectivity index (χ3n) is 4.38. The number of para-hydroxylation sites is 1. The molecule has 2 aromatic carbocycles. The summed E-state index contributed by atoms with van der Waals surface area (Å²) in [7, 11) is 0. The van der Waals surface area contributed by atoms with Crippen LogP contribution in [0.1, 0.15) is 5.56 Å². The van der Waals surface area contributed by atoms with Gasteiger partial charge in [0.1, 0.15) is 17.3 Å². The minimum Gasteiger partial charge on any atom is -0.454 e. The molecule has 120 valence electrons. The van der Waals surface area contributed by atoms with Gasteiger partial charge in [0.05, 0.1) is 5.69 Å². The zero-order valence-electron chi connectivity index (χ0n) is 12.8. The summed E-state index contributed by atoms with van der Waals surface area (Å²) in [5, 5.41) is 7.99. The number of halogens is 1. The Morgan fingerprint density at radius 3 is 2.88 bits per heavy atom. The second kappa shape index (κ2) is 4.99. The van der Waals surface area contributed by atoms with E-state index in [4.69, 9.17) is 9.47 Å². The topological polar surface area (TPSA) is 48.3 Å². The van der Waals surface area contributed by atoms with Crippen LogP contribution in [0.3, 0.4) is 0 Å². The van der Waals surface area contributed by atoms with Crippen molar-refractivity contribution in [2.75, 3.05) is 18.7 Å². The molecule has 0 aliphatic carbocycles. The molecule has 0 bridgehead atoms. The predicted octanol–water partition coefficient (Wildman–Crippen LogP) is 3.38. The highest BCUT2D eigenvalue weighted by Gasteiger charge is 2.26. The standard InChI is InChI=1S/C18H14FN3O2/c19-13-3-1-2-4-14(13)22-18-12(7-8-20-18)17(21-22)11-5-6-15-16(9-11)24-10-23-15/h1-6,9,20H,7-8,10H2. The van der Waals surface area contributed by atoms with E-state index in [1.165, 1.54) is 6.07 Å². The van der Waals surface area contributed by atoms with Crippen molar-refractivity contribution in [1.82, 2.24) is 9.78 Å². The van der Waals surface area contributed by atoms with Gasteiger partial charge in [-0.15, -0.1) is 0 Å². The van der Waals surface area contributed by atoms with Crippen LogP contribution in [0, 0.1) is 5.82 Å². The average molecular weight is 323 g/mol. The Hall–Kier alpha value is -3.02. The van der Waals surface area contributed by atoms with Gasteiger partial charge in [0, 0.05) is 17.7 Å². The van der Waals surface area contributed by atoms with E-state index in [0.717, 1.165) is 41.4 Å². The third kappa shape index (κ3) is 1.89. The van der Waals surface area contributed by atoms with Crippen LogP contribution in [0.2, 0.25) is 0 Å². The first-order chi connectivity index (χ1) is 11.8. The number of benzene rings is 2. The molecular formula is C18H14FN3O2. The Balaban J connectivity index is 1.68. The lowest BCUT2D eigenvalue weighted by Gasteiger charge is -2.07. The number of hydrogen-bond acceptors (Lipinski definition) is 4. The Labute approximate surface area is 137 Å². The van der Waals surface area contributed by atoms with Crippen LogP contribution in [0.25, 0.3) is 16.9 Å². The first kappa shape index (κ1) is 13.4. The van der Waals surface area contributed by atoms with E-state index in [-0.39, 0.29) is 12.6 Å². The van der Waals surface area contributed by atoms with Gasteiger partial charge in [0.15, 0.2) is 11.5 Å². The summed E-state index contributed by atoms with van der Waals surface area (Å²) in [5.74, 6) is 2.01. The number of nitrogens with one attached hydrogen (secondary N) is 1. The monoisotopic (exact) mass is 323 g/mol. The van der Waals surface area contributed by atoms with E-state index in [9.17, 15) is 4.39 Å². The Morgan fingerprint density at radius 1 is 1.08 bits per heavy atom. The number of aromatic nitrogens is 2. The normalized spacial score (nSPS) is 14.5. The van der Waals surface area contributed by atoms with Crippen molar-refractivity contribution in [3.8, 4) is 28.4 Å². The number of ether oxygens (including phenoxy) is 2. The zero-order valence-corrected chi connectivity index (χ0v) is 12.8. The summed E-state index contributed by atoms with van der Waals surface area (Å²) in [6.07, 6.45) is 0.855. The molecule has 5 rings (SSSR count). The predicted molar refractivity (Wildman–Crippen MR) is 87.3 cm³/mol. The zero-order chi connectivity index (χ0) is 16.1. The molecule has 2 aliphatic rings. The maximum atomic E-state index is 14.2. The Kier molecular flexibility index (Phi) is 2.79. The molecule has 2 aliphatic heterocycles. The third-order valence-corrected chi connectivity index (χ3v) is 4.38. The molecule has 24 heavy (non-hydrogen) atoms. The van der Waals surface area contributed by atoms with Crippen LogP contribution in [0.4, 0.5) is 10.2 Å². The van der Waals surface area contributed by atoms with Gasteiger partial charge in [-0.25, -0.2) is 9.07 Å². The molecule has 1 N–H and O–H groups in total. The van der Waals surface area contributed by atoms with Crippen LogP contribution in [0.15, 0.2) is 42.5 Å². The highest BCUT2D eigenvalue weighted by atomic mass is 19.1. The lowest BCUT2D eigenvalue weighted by atomic mass is 10.1. The molecular weight excluding hydrogens is 309 g/mol. The molecule has 5 nitrogen and oxygen atoms in total. The van der Waals surface area contributed by atoms with Crippen molar-refractivity contribution in [3.63, 3.8) is 0 Å². The summed E-state index contributed by atoms with van der Waals surface area (Å²) in [6.45, 7) is 1.06. The number of hydrogen-bond donors (Lipinski definition) is 1. The molecule has 3 aromatic rings. The molecule has 1 aromatic heterocycles. The van der Waals surface area contributed by atoms with Crippen molar-refractivity contribution in [2.24, 2.45) is 0 Å². The van der Waals surface area contributed by atoms with Gasteiger partial charge in [-0.2, -0.15) is 5.10 Å². The van der Waals surface area contributed by atoms with E-state index >= 15 is 0 Å². The molecule has 0 fully saturated rings. The molecule has 0 spiro atoms. The van der Waals surface area contributed by atoms with E-state index in [0.29, 0.717) is 11.4 Å². The minimum atomic E-state index is -0.297. The maximum Gasteiger partial charge on any atom is 0.231 e. The Morgan fingerprint density at radius 2 is 1.96 bits per heavy atom. The van der Waals surface area contributed by atoms with Crippen LogP contribution in [-0.4, -0.2) is 23.1 Å². The van der Waals surface area contributed by atoms with Crippen molar-refractivity contribution in [3.05, 3.63) is 53.8 Å². The molecule has 3 heterocycles. The lowest BCUT2D eigenvalue weighted by molar-refractivity contribution is 0.174. The van der Waals surface area contributed by atoms with Crippen LogP contribution < -0.4 is 14.8 Å². The fourth-order valence-corrected chi connectivity index (χ4v) is 3.25. The van der Waals surface area contributed by atoms with Crippen molar-refractivity contribution < 1.29 is 13.9 Å². The van der Waals surface area contributed by atoms with Crippen molar-refractivity contribution in [2.45, 2.75) is 6.42 Å².